The van der Waals surface area contributed by atoms with E-state index in [2.05, 4.69) is 5.32 Å². The van der Waals surface area contributed by atoms with Gasteiger partial charge in [-0.05, 0) is 32.1 Å². The van der Waals surface area contributed by atoms with Crippen molar-refractivity contribution in [3.63, 3.8) is 0 Å². The van der Waals surface area contributed by atoms with Crippen LogP contribution in [0.2, 0.25) is 0 Å². The molecule has 1 fully saturated rings. The number of aliphatic hydroxyl groups is 1. The molecule has 1 rings (SSSR count). The molecular weight excluding hydrogens is 190 g/mol. The van der Waals surface area contributed by atoms with Crippen LogP contribution in [0.15, 0.2) is 0 Å². The average molecular weight is 215 g/mol. The number of hydrogen-bond acceptors (Lipinski definition) is 3. The van der Waals surface area contributed by atoms with Crippen molar-refractivity contribution in [3.8, 4) is 0 Å². The summed E-state index contributed by atoms with van der Waals surface area (Å²) in [6, 6.07) is 0. The summed E-state index contributed by atoms with van der Waals surface area (Å²) in [4.78, 5) is 0. The molecule has 0 aromatic heterocycles. The number of rotatable bonds is 7. The lowest BCUT2D eigenvalue weighted by Crippen LogP contribution is -2.51. The highest BCUT2D eigenvalue weighted by Crippen LogP contribution is 2.34. The van der Waals surface area contributed by atoms with E-state index in [-0.39, 0.29) is 5.60 Å². The largest absolute Gasteiger partial charge is 0.389 e. The minimum Gasteiger partial charge on any atom is -0.389 e. The van der Waals surface area contributed by atoms with E-state index in [9.17, 15) is 5.11 Å². The summed E-state index contributed by atoms with van der Waals surface area (Å²) in [6.07, 6.45) is 5.16. The molecule has 1 saturated carbocycles. The van der Waals surface area contributed by atoms with Crippen LogP contribution in [0.25, 0.3) is 0 Å². The summed E-state index contributed by atoms with van der Waals surface area (Å²) in [5.74, 6) is 0. The Hall–Kier alpha value is -0.120. The first-order valence-corrected chi connectivity index (χ1v) is 6.08. The molecule has 0 aromatic carbocycles. The van der Waals surface area contributed by atoms with Gasteiger partial charge in [-0.1, -0.05) is 13.8 Å². The SMILES string of the molecule is CCC(O)(CC)CNCC1(OC)CCC1. The molecule has 0 bridgehead atoms. The van der Waals surface area contributed by atoms with Crippen LogP contribution in [-0.2, 0) is 4.74 Å². The van der Waals surface area contributed by atoms with Gasteiger partial charge in [-0.3, -0.25) is 0 Å². The molecule has 0 heterocycles. The monoisotopic (exact) mass is 215 g/mol. The Balaban J connectivity index is 2.25. The van der Waals surface area contributed by atoms with Gasteiger partial charge >= 0.3 is 0 Å². The van der Waals surface area contributed by atoms with E-state index in [1.807, 2.05) is 13.8 Å². The molecule has 1 aliphatic rings. The standard InChI is InChI=1S/C12H25NO2/c1-4-11(14,5-2)9-13-10-12(15-3)7-6-8-12/h13-14H,4-10H2,1-3H3. The van der Waals surface area contributed by atoms with Gasteiger partial charge in [-0.15, -0.1) is 0 Å². The molecule has 15 heavy (non-hydrogen) atoms. The van der Waals surface area contributed by atoms with Gasteiger partial charge in [0.25, 0.3) is 0 Å². The normalized spacial score (nSPS) is 20.0. The lowest BCUT2D eigenvalue weighted by Gasteiger charge is -2.41. The Morgan fingerprint density at radius 3 is 2.27 bits per heavy atom. The summed E-state index contributed by atoms with van der Waals surface area (Å²) in [5.41, 5.74) is -0.485. The van der Waals surface area contributed by atoms with Crippen molar-refractivity contribution in [3.05, 3.63) is 0 Å². The summed E-state index contributed by atoms with van der Waals surface area (Å²) >= 11 is 0. The van der Waals surface area contributed by atoms with Gasteiger partial charge in [-0.25, -0.2) is 0 Å². The molecule has 0 saturated heterocycles. The lowest BCUT2D eigenvalue weighted by atomic mass is 9.80. The van der Waals surface area contributed by atoms with Gasteiger partial charge in [0.2, 0.25) is 0 Å². The Labute approximate surface area is 93.2 Å². The first kappa shape index (κ1) is 12.9. The van der Waals surface area contributed by atoms with E-state index in [1.165, 1.54) is 6.42 Å². The zero-order valence-corrected chi connectivity index (χ0v) is 10.3. The highest BCUT2D eigenvalue weighted by Gasteiger charge is 2.37. The summed E-state index contributed by atoms with van der Waals surface area (Å²) in [5, 5.41) is 13.4. The molecule has 0 unspecified atom stereocenters. The molecule has 3 heteroatoms. The van der Waals surface area contributed by atoms with Crippen LogP contribution in [-0.4, -0.2) is 36.5 Å². The van der Waals surface area contributed by atoms with E-state index in [4.69, 9.17) is 4.74 Å². The topological polar surface area (TPSA) is 41.5 Å². The third-order valence-corrected chi connectivity index (χ3v) is 3.92. The summed E-state index contributed by atoms with van der Waals surface area (Å²) in [6.45, 7) is 5.60. The molecule has 0 aromatic rings. The van der Waals surface area contributed by atoms with Crippen LogP contribution >= 0.6 is 0 Å². The smallest absolute Gasteiger partial charge is 0.0802 e. The Morgan fingerprint density at radius 2 is 1.93 bits per heavy atom. The Morgan fingerprint density at radius 1 is 1.33 bits per heavy atom. The van der Waals surface area contributed by atoms with Gasteiger partial charge < -0.3 is 15.2 Å². The molecule has 3 nitrogen and oxygen atoms in total. The van der Waals surface area contributed by atoms with E-state index in [1.54, 1.807) is 7.11 Å². The van der Waals surface area contributed by atoms with Crippen molar-refractivity contribution in [2.24, 2.45) is 0 Å². The predicted molar refractivity (Wildman–Crippen MR) is 62.0 cm³/mol. The van der Waals surface area contributed by atoms with Crippen LogP contribution < -0.4 is 5.32 Å². The molecule has 0 atom stereocenters. The number of methoxy groups -OCH3 is 1. The van der Waals surface area contributed by atoms with Gasteiger partial charge in [0, 0.05) is 20.2 Å². The van der Waals surface area contributed by atoms with Crippen molar-refractivity contribution >= 4 is 0 Å². The summed E-state index contributed by atoms with van der Waals surface area (Å²) < 4.78 is 5.51. The third kappa shape index (κ3) is 3.16. The number of hydrogen-bond donors (Lipinski definition) is 2. The molecule has 1 aliphatic carbocycles. The highest BCUT2D eigenvalue weighted by atomic mass is 16.5. The van der Waals surface area contributed by atoms with E-state index in [0.29, 0.717) is 6.54 Å². The fourth-order valence-corrected chi connectivity index (χ4v) is 2.05. The maximum absolute atomic E-state index is 10.1. The summed E-state index contributed by atoms with van der Waals surface area (Å²) in [7, 11) is 1.78. The van der Waals surface area contributed by atoms with Gasteiger partial charge in [0.15, 0.2) is 0 Å². The van der Waals surface area contributed by atoms with Gasteiger partial charge in [0.1, 0.15) is 0 Å². The fraction of sp³-hybridized carbons (Fsp3) is 1.00. The second-order valence-corrected chi connectivity index (χ2v) is 4.78. The highest BCUT2D eigenvalue weighted by molar-refractivity contribution is 4.92. The zero-order chi connectivity index (χ0) is 11.4. The van der Waals surface area contributed by atoms with Crippen molar-refractivity contribution < 1.29 is 9.84 Å². The minimum atomic E-state index is -0.543. The lowest BCUT2D eigenvalue weighted by molar-refractivity contribution is -0.0731. The van der Waals surface area contributed by atoms with Crippen LogP contribution in [0, 0.1) is 0 Å². The molecule has 0 radical (unpaired) electrons. The molecule has 2 N–H and O–H groups in total. The van der Waals surface area contributed by atoms with E-state index >= 15 is 0 Å². The molecule has 0 aliphatic heterocycles. The molecular formula is C12H25NO2. The second-order valence-electron chi connectivity index (χ2n) is 4.78. The van der Waals surface area contributed by atoms with Crippen molar-refractivity contribution in [1.82, 2.24) is 5.32 Å². The number of ether oxygens (including phenoxy) is 1. The Kier molecular flexibility index (Phi) is 4.56. The second kappa shape index (κ2) is 5.28. The maximum atomic E-state index is 10.1. The van der Waals surface area contributed by atoms with Crippen molar-refractivity contribution in [2.45, 2.75) is 57.2 Å². The molecule has 90 valence electrons. The first-order chi connectivity index (χ1) is 7.10. The average Bonchev–Trinajstić information content (AvgIpc) is 2.22. The molecule has 0 spiro atoms. The predicted octanol–water partition coefficient (Wildman–Crippen LogP) is 1.70. The van der Waals surface area contributed by atoms with Gasteiger partial charge in [-0.2, -0.15) is 0 Å². The molecule has 0 amide bonds. The zero-order valence-electron chi connectivity index (χ0n) is 10.3. The maximum Gasteiger partial charge on any atom is 0.0802 e. The van der Waals surface area contributed by atoms with Crippen molar-refractivity contribution in [2.75, 3.05) is 20.2 Å². The van der Waals surface area contributed by atoms with Crippen LogP contribution in [0.1, 0.15) is 46.0 Å². The Bertz CT molecular complexity index is 168. The minimum absolute atomic E-state index is 0.0579. The third-order valence-electron chi connectivity index (χ3n) is 3.92. The van der Waals surface area contributed by atoms with Crippen LogP contribution in [0.5, 0.6) is 0 Å². The fourth-order valence-electron chi connectivity index (χ4n) is 2.05. The number of nitrogens with one attached hydrogen (secondary N) is 1. The quantitative estimate of drug-likeness (QED) is 0.679. The first-order valence-electron chi connectivity index (χ1n) is 6.08. The van der Waals surface area contributed by atoms with Crippen LogP contribution in [0.3, 0.4) is 0 Å². The van der Waals surface area contributed by atoms with E-state index < -0.39 is 5.60 Å². The van der Waals surface area contributed by atoms with Gasteiger partial charge in [0.05, 0.1) is 11.2 Å². The van der Waals surface area contributed by atoms with Crippen LogP contribution in [0.4, 0.5) is 0 Å². The van der Waals surface area contributed by atoms with E-state index in [0.717, 1.165) is 32.2 Å². The van der Waals surface area contributed by atoms with Crippen molar-refractivity contribution in [1.29, 1.82) is 0 Å².